The number of hydrogen-bond acceptors (Lipinski definition) is 3. The number of oxazole rings is 1. The van der Waals surface area contributed by atoms with Crippen LogP contribution in [-0.2, 0) is 12.8 Å². The summed E-state index contributed by atoms with van der Waals surface area (Å²) in [5, 5.41) is 2.61. The first-order valence-electron chi connectivity index (χ1n) is 7.91. The molecule has 5 rings (SSSR count). The zero-order chi connectivity index (χ0) is 15.6. The van der Waals surface area contributed by atoms with Gasteiger partial charge < -0.3 is 10.2 Å². The number of rotatable bonds is 1. The van der Waals surface area contributed by atoms with Crippen LogP contribution in [-0.4, -0.2) is 4.98 Å². The molecular formula is C20H16N2O. The Labute approximate surface area is 133 Å². The largest absolute Gasteiger partial charge is 0.436 e. The van der Waals surface area contributed by atoms with Crippen molar-refractivity contribution in [2.24, 2.45) is 0 Å². The maximum atomic E-state index is 6.08. The van der Waals surface area contributed by atoms with E-state index in [4.69, 9.17) is 10.2 Å². The summed E-state index contributed by atoms with van der Waals surface area (Å²) >= 11 is 0. The van der Waals surface area contributed by atoms with E-state index < -0.39 is 0 Å². The number of nitrogens with zero attached hydrogens (tertiary/aromatic N) is 1. The van der Waals surface area contributed by atoms with Gasteiger partial charge in [0.1, 0.15) is 5.52 Å². The first-order chi connectivity index (χ1) is 11.2. The van der Waals surface area contributed by atoms with Gasteiger partial charge in [-0.05, 0) is 65.4 Å². The SMILES string of the molecule is Cc1cc(N)cc2nc(-c3ccc4c5c(cccc35)CC4)oc12. The molecule has 3 heteroatoms. The maximum absolute atomic E-state index is 6.08. The van der Waals surface area contributed by atoms with Crippen molar-refractivity contribution in [2.75, 3.05) is 5.73 Å². The molecule has 0 fully saturated rings. The van der Waals surface area contributed by atoms with Gasteiger partial charge in [0.2, 0.25) is 5.89 Å². The fraction of sp³-hybridized carbons (Fsp3) is 0.150. The quantitative estimate of drug-likeness (QED) is 0.521. The summed E-state index contributed by atoms with van der Waals surface area (Å²) in [7, 11) is 0. The highest BCUT2D eigenvalue weighted by Crippen LogP contribution is 2.38. The lowest BCUT2D eigenvalue weighted by molar-refractivity contribution is 0.618. The standard InChI is InChI=1S/C20H16N2O/c1-11-9-14(21)10-17-19(11)23-20(22-17)16-8-7-13-6-5-12-3-2-4-15(16)18(12)13/h2-4,7-10H,5-6,21H2,1H3. The normalized spacial score (nSPS) is 13.3. The summed E-state index contributed by atoms with van der Waals surface area (Å²) in [6.07, 6.45) is 2.25. The molecule has 0 saturated heterocycles. The summed E-state index contributed by atoms with van der Waals surface area (Å²) in [4.78, 5) is 4.69. The van der Waals surface area contributed by atoms with Crippen LogP contribution in [0.2, 0.25) is 0 Å². The number of fused-ring (bicyclic) bond motifs is 1. The molecule has 0 radical (unpaired) electrons. The van der Waals surface area contributed by atoms with E-state index in [2.05, 4.69) is 35.3 Å². The fourth-order valence-electron chi connectivity index (χ4n) is 3.78. The molecule has 2 N–H and O–H groups in total. The predicted octanol–water partition coefficient (Wildman–Crippen LogP) is 4.64. The number of anilines is 1. The van der Waals surface area contributed by atoms with Crippen molar-refractivity contribution in [1.29, 1.82) is 0 Å². The molecule has 1 aliphatic rings. The van der Waals surface area contributed by atoms with Gasteiger partial charge >= 0.3 is 0 Å². The van der Waals surface area contributed by atoms with Gasteiger partial charge in [-0.3, -0.25) is 0 Å². The molecule has 23 heavy (non-hydrogen) atoms. The average Bonchev–Trinajstić information content (AvgIpc) is 3.14. The highest BCUT2D eigenvalue weighted by molar-refractivity contribution is 6.00. The Bertz CT molecular complexity index is 1080. The van der Waals surface area contributed by atoms with Crippen LogP contribution in [0.15, 0.2) is 46.9 Å². The average molecular weight is 300 g/mol. The van der Waals surface area contributed by atoms with Crippen LogP contribution in [0.4, 0.5) is 5.69 Å². The lowest BCUT2D eigenvalue weighted by Gasteiger charge is -2.06. The van der Waals surface area contributed by atoms with E-state index >= 15 is 0 Å². The van der Waals surface area contributed by atoms with E-state index in [9.17, 15) is 0 Å². The Hall–Kier alpha value is -2.81. The van der Waals surface area contributed by atoms with Gasteiger partial charge in [-0.15, -0.1) is 0 Å². The number of aromatic nitrogens is 1. The van der Waals surface area contributed by atoms with Crippen molar-refractivity contribution in [2.45, 2.75) is 19.8 Å². The van der Waals surface area contributed by atoms with Crippen LogP contribution in [0.5, 0.6) is 0 Å². The molecule has 1 aromatic heterocycles. The molecule has 1 heterocycles. The van der Waals surface area contributed by atoms with Crippen LogP contribution >= 0.6 is 0 Å². The van der Waals surface area contributed by atoms with Gasteiger partial charge in [-0.1, -0.05) is 24.3 Å². The second-order valence-corrected chi connectivity index (χ2v) is 6.32. The zero-order valence-corrected chi connectivity index (χ0v) is 12.9. The Balaban J connectivity index is 1.83. The third kappa shape index (κ3) is 1.73. The van der Waals surface area contributed by atoms with Gasteiger partial charge in [0.05, 0.1) is 0 Å². The highest BCUT2D eigenvalue weighted by Gasteiger charge is 2.19. The van der Waals surface area contributed by atoms with E-state index in [1.54, 1.807) is 0 Å². The maximum Gasteiger partial charge on any atom is 0.227 e. The first kappa shape index (κ1) is 12.7. The molecule has 0 bridgehead atoms. The van der Waals surface area contributed by atoms with Crippen molar-refractivity contribution in [1.82, 2.24) is 4.98 Å². The van der Waals surface area contributed by atoms with E-state index in [-0.39, 0.29) is 0 Å². The van der Waals surface area contributed by atoms with E-state index in [0.717, 1.165) is 40.8 Å². The smallest absolute Gasteiger partial charge is 0.227 e. The molecule has 112 valence electrons. The van der Waals surface area contributed by atoms with Crippen LogP contribution in [0, 0.1) is 6.92 Å². The van der Waals surface area contributed by atoms with Crippen LogP contribution in [0.1, 0.15) is 16.7 Å². The van der Waals surface area contributed by atoms with Crippen molar-refractivity contribution in [3.63, 3.8) is 0 Å². The fourth-order valence-corrected chi connectivity index (χ4v) is 3.78. The molecule has 0 aliphatic heterocycles. The molecule has 0 saturated carbocycles. The van der Waals surface area contributed by atoms with Gasteiger partial charge in [0.25, 0.3) is 0 Å². The second-order valence-electron chi connectivity index (χ2n) is 6.32. The third-order valence-electron chi connectivity index (χ3n) is 4.81. The topological polar surface area (TPSA) is 52.0 Å². The predicted molar refractivity (Wildman–Crippen MR) is 93.5 cm³/mol. The molecule has 0 atom stereocenters. The zero-order valence-electron chi connectivity index (χ0n) is 12.9. The molecule has 0 amide bonds. The summed E-state index contributed by atoms with van der Waals surface area (Å²) in [6.45, 7) is 2.00. The van der Waals surface area contributed by atoms with E-state index in [1.165, 1.54) is 21.9 Å². The number of hydrogen-bond donors (Lipinski definition) is 1. The molecule has 0 unspecified atom stereocenters. The molecule has 1 aliphatic carbocycles. The van der Waals surface area contributed by atoms with Crippen molar-refractivity contribution in [3.8, 4) is 11.5 Å². The molecule has 4 aromatic rings. The number of benzene rings is 3. The summed E-state index contributed by atoms with van der Waals surface area (Å²) in [5.41, 5.74) is 13.2. The van der Waals surface area contributed by atoms with Crippen molar-refractivity contribution in [3.05, 3.63) is 59.2 Å². The van der Waals surface area contributed by atoms with Gasteiger partial charge in [0, 0.05) is 11.3 Å². The Morgan fingerprint density at radius 1 is 1.04 bits per heavy atom. The Kier molecular flexibility index (Phi) is 2.41. The molecule has 3 nitrogen and oxygen atoms in total. The van der Waals surface area contributed by atoms with Crippen molar-refractivity contribution >= 4 is 27.6 Å². The van der Waals surface area contributed by atoms with Crippen LogP contribution in [0.3, 0.4) is 0 Å². The Morgan fingerprint density at radius 3 is 2.74 bits per heavy atom. The van der Waals surface area contributed by atoms with Crippen molar-refractivity contribution < 1.29 is 4.42 Å². The second kappa shape index (κ2) is 4.35. The number of nitrogens with two attached hydrogens (primary N) is 1. The van der Waals surface area contributed by atoms with Gasteiger partial charge in [-0.25, -0.2) is 4.98 Å². The lowest BCUT2D eigenvalue weighted by atomic mass is 10.00. The van der Waals surface area contributed by atoms with Gasteiger partial charge in [0.15, 0.2) is 5.58 Å². The molecule has 3 aromatic carbocycles. The minimum atomic E-state index is 0.671. The third-order valence-corrected chi connectivity index (χ3v) is 4.81. The number of nitrogen functional groups attached to an aromatic ring is 1. The van der Waals surface area contributed by atoms with E-state index in [0.29, 0.717) is 5.89 Å². The Morgan fingerprint density at radius 2 is 1.87 bits per heavy atom. The monoisotopic (exact) mass is 300 g/mol. The minimum Gasteiger partial charge on any atom is -0.436 e. The van der Waals surface area contributed by atoms with E-state index in [1.807, 2.05) is 19.1 Å². The number of aryl methyl sites for hydroxylation is 3. The van der Waals surface area contributed by atoms with Crippen LogP contribution < -0.4 is 5.73 Å². The summed E-state index contributed by atoms with van der Waals surface area (Å²) in [6, 6.07) is 14.7. The highest BCUT2D eigenvalue weighted by atomic mass is 16.3. The summed E-state index contributed by atoms with van der Waals surface area (Å²) in [5.74, 6) is 0.671. The minimum absolute atomic E-state index is 0.671. The first-order valence-corrected chi connectivity index (χ1v) is 7.91. The summed E-state index contributed by atoms with van der Waals surface area (Å²) < 4.78 is 6.08. The van der Waals surface area contributed by atoms with Crippen LogP contribution in [0.25, 0.3) is 33.3 Å². The van der Waals surface area contributed by atoms with Gasteiger partial charge in [-0.2, -0.15) is 0 Å². The lowest BCUT2D eigenvalue weighted by Crippen LogP contribution is -1.86. The molecular weight excluding hydrogens is 284 g/mol. The molecule has 0 spiro atoms.